The SMILES string of the molecule is CC(C)(c1ccc(Oc2ccc(C(=O)c3cccc(C(=O)c4ccc(F)cc4)c3)cc2)c(Br)c1)c1ccc(Oc2ccc(C(=O)c3cccc(C(=O)c4ccc(F)cc4)c3)cc2)c(Br)c1. The van der Waals surface area contributed by atoms with E-state index in [1.807, 2.05) is 36.4 Å². The Kier molecular flexibility index (Phi) is 12.9. The largest absolute Gasteiger partial charge is 0.456 e. The van der Waals surface area contributed by atoms with Crippen LogP contribution in [0, 0.1) is 11.6 Å². The molecule has 0 fully saturated rings. The van der Waals surface area contributed by atoms with Crippen LogP contribution in [0.5, 0.6) is 23.0 Å². The molecule has 0 aliphatic carbocycles. The molecule has 0 amide bonds. The van der Waals surface area contributed by atoms with E-state index in [4.69, 9.17) is 9.47 Å². The minimum absolute atomic E-state index is 0.257. The first-order valence-corrected chi connectivity index (χ1v) is 21.9. The highest BCUT2D eigenvalue weighted by Crippen LogP contribution is 2.40. The number of carbonyl (C=O) groups is 4. The Hall–Kier alpha value is -7.14. The van der Waals surface area contributed by atoms with Crippen LogP contribution in [0.25, 0.3) is 0 Å². The minimum atomic E-state index is -0.437. The lowest BCUT2D eigenvalue weighted by atomic mass is 9.78. The zero-order valence-corrected chi connectivity index (χ0v) is 38.0. The molecule has 0 radical (unpaired) electrons. The van der Waals surface area contributed by atoms with Gasteiger partial charge in [0.25, 0.3) is 0 Å². The van der Waals surface area contributed by atoms with Crippen LogP contribution >= 0.6 is 31.9 Å². The molecule has 0 saturated heterocycles. The van der Waals surface area contributed by atoms with Gasteiger partial charge in [0.05, 0.1) is 8.95 Å². The number of ketones is 4. The summed E-state index contributed by atoms with van der Waals surface area (Å²) in [5, 5.41) is 0. The Bertz CT molecular complexity index is 2900. The average molecular weight is 991 g/mol. The monoisotopic (exact) mass is 988 g/mol. The third-order valence-electron chi connectivity index (χ3n) is 11.0. The Morgan fingerprint density at radius 3 is 0.969 bits per heavy atom. The predicted octanol–water partition coefficient (Wildman–Crippen LogP) is 14.3. The second-order valence-electron chi connectivity index (χ2n) is 15.7. The third-order valence-corrected chi connectivity index (χ3v) is 12.2. The second-order valence-corrected chi connectivity index (χ2v) is 17.4. The molecule has 0 spiro atoms. The van der Waals surface area contributed by atoms with E-state index in [1.54, 1.807) is 97.1 Å². The average Bonchev–Trinajstić information content (AvgIpc) is 3.33. The van der Waals surface area contributed by atoms with Crippen LogP contribution in [-0.2, 0) is 5.41 Å². The first-order valence-electron chi connectivity index (χ1n) is 20.3. The predicted molar refractivity (Wildman–Crippen MR) is 253 cm³/mol. The molecule has 0 saturated carbocycles. The molecule has 0 bridgehead atoms. The maximum absolute atomic E-state index is 13.4. The quantitative estimate of drug-likeness (QED) is 0.101. The summed E-state index contributed by atoms with van der Waals surface area (Å²) in [6.07, 6.45) is 0. The van der Waals surface area contributed by atoms with Gasteiger partial charge in [0.15, 0.2) is 23.1 Å². The maximum atomic E-state index is 13.4. The molecule has 0 atom stereocenters. The fraction of sp³-hybridized carbons (Fsp3) is 0.0545. The smallest absolute Gasteiger partial charge is 0.193 e. The molecule has 8 aromatic rings. The maximum Gasteiger partial charge on any atom is 0.193 e. The number of halogens is 4. The van der Waals surface area contributed by atoms with Crippen LogP contribution in [0.1, 0.15) is 88.7 Å². The van der Waals surface area contributed by atoms with Crippen molar-refractivity contribution in [3.8, 4) is 23.0 Å². The number of ether oxygens (including phenoxy) is 2. The van der Waals surface area contributed by atoms with Gasteiger partial charge < -0.3 is 9.47 Å². The Balaban J connectivity index is 0.893. The summed E-state index contributed by atoms with van der Waals surface area (Å²) in [6.45, 7) is 4.23. The summed E-state index contributed by atoms with van der Waals surface area (Å²) in [5.41, 5.74) is 4.46. The molecule has 10 heteroatoms. The molecule has 0 unspecified atom stereocenters. The van der Waals surface area contributed by atoms with Gasteiger partial charge in [0.1, 0.15) is 34.6 Å². The van der Waals surface area contributed by atoms with Crippen LogP contribution < -0.4 is 9.47 Å². The van der Waals surface area contributed by atoms with Gasteiger partial charge in [-0.25, -0.2) is 8.78 Å². The van der Waals surface area contributed by atoms with Crippen molar-refractivity contribution in [1.82, 2.24) is 0 Å². The molecule has 6 nitrogen and oxygen atoms in total. The highest BCUT2D eigenvalue weighted by molar-refractivity contribution is 9.11. The standard InChI is InChI=1S/C55H36Br2F2O6/c1-55(2,41-17-27-49(47(56)31-41)64-45-23-13-35(14-24-45)53(62)39-7-3-5-37(29-39)51(60)33-9-19-43(58)20-10-33)42-18-28-50(48(57)32-42)65-46-25-15-36(16-26-46)54(63)40-8-4-6-38(30-40)52(61)34-11-21-44(59)22-12-34/h3-32H,1-2H3. The van der Waals surface area contributed by atoms with Gasteiger partial charge in [-0.2, -0.15) is 0 Å². The van der Waals surface area contributed by atoms with Crippen LogP contribution in [0.2, 0.25) is 0 Å². The number of benzene rings is 8. The minimum Gasteiger partial charge on any atom is -0.456 e. The van der Waals surface area contributed by atoms with Gasteiger partial charge in [-0.15, -0.1) is 0 Å². The van der Waals surface area contributed by atoms with E-state index >= 15 is 0 Å². The molecule has 320 valence electrons. The zero-order valence-electron chi connectivity index (χ0n) is 34.8. The summed E-state index contributed by atoms with van der Waals surface area (Å²) in [4.78, 5) is 52.7. The van der Waals surface area contributed by atoms with E-state index in [2.05, 4.69) is 45.7 Å². The number of hydrogen-bond acceptors (Lipinski definition) is 6. The van der Waals surface area contributed by atoms with Crippen LogP contribution in [0.15, 0.2) is 191 Å². The van der Waals surface area contributed by atoms with E-state index in [1.165, 1.54) is 48.5 Å². The molecule has 8 rings (SSSR count). The molecule has 8 aromatic carbocycles. The lowest BCUT2D eigenvalue weighted by molar-refractivity contribution is 0.102. The van der Waals surface area contributed by atoms with Crippen LogP contribution in [0.3, 0.4) is 0 Å². The summed E-state index contributed by atoms with van der Waals surface area (Å²) in [6, 6.07) is 48.8. The van der Waals surface area contributed by atoms with Gasteiger partial charge in [-0.05, 0) is 176 Å². The highest BCUT2D eigenvalue weighted by Gasteiger charge is 2.26. The third kappa shape index (κ3) is 9.99. The lowest BCUT2D eigenvalue weighted by Crippen LogP contribution is -2.19. The number of rotatable bonds is 14. The van der Waals surface area contributed by atoms with Crippen molar-refractivity contribution in [1.29, 1.82) is 0 Å². The first-order chi connectivity index (χ1) is 31.2. The topological polar surface area (TPSA) is 86.7 Å². The summed E-state index contributed by atoms with van der Waals surface area (Å²) in [7, 11) is 0. The fourth-order valence-corrected chi connectivity index (χ4v) is 8.11. The molecule has 0 N–H and O–H groups in total. The van der Waals surface area contributed by atoms with Gasteiger partial charge in [0.2, 0.25) is 0 Å². The van der Waals surface area contributed by atoms with Crippen molar-refractivity contribution in [2.45, 2.75) is 19.3 Å². The lowest BCUT2D eigenvalue weighted by Gasteiger charge is -2.27. The molecule has 0 aliphatic rings. The molecule has 0 aliphatic heterocycles. The summed E-state index contributed by atoms with van der Waals surface area (Å²) in [5.74, 6) is 0.218. The van der Waals surface area contributed by atoms with Gasteiger partial charge in [-0.1, -0.05) is 62.4 Å². The van der Waals surface area contributed by atoms with Crippen molar-refractivity contribution in [3.63, 3.8) is 0 Å². The van der Waals surface area contributed by atoms with Gasteiger partial charge in [-0.3, -0.25) is 19.2 Å². The number of carbonyl (C=O) groups excluding carboxylic acids is 4. The normalized spacial score (nSPS) is 11.2. The second kappa shape index (κ2) is 18.9. The van der Waals surface area contributed by atoms with Gasteiger partial charge >= 0.3 is 0 Å². The van der Waals surface area contributed by atoms with Crippen molar-refractivity contribution < 1.29 is 37.4 Å². The first kappa shape index (κ1) is 44.5. The Morgan fingerprint density at radius 2 is 0.677 bits per heavy atom. The summed E-state index contributed by atoms with van der Waals surface area (Å²) >= 11 is 7.37. The van der Waals surface area contributed by atoms with Crippen LogP contribution in [0.4, 0.5) is 8.78 Å². The molecule has 0 aromatic heterocycles. The van der Waals surface area contributed by atoms with Crippen LogP contribution in [-0.4, -0.2) is 23.1 Å². The molecular formula is C55H36Br2F2O6. The molecular weight excluding hydrogens is 954 g/mol. The van der Waals surface area contributed by atoms with E-state index < -0.39 is 17.0 Å². The fourth-order valence-electron chi connectivity index (χ4n) is 7.19. The van der Waals surface area contributed by atoms with Crippen molar-refractivity contribution in [3.05, 3.63) is 258 Å². The van der Waals surface area contributed by atoms with Crippen molar-refractivity contribution >= 4 is 55.0 Å². The zero-order chi connectivity index (χ0) is 45.8. The van der Waals surface area contributed by atoms with E-state index in [0.29, 0.717) is 67.5 Å². The summed E-state index contributed by atoms with van der Waals surface area (Å²) < 4.78 is 40.6. The molecule has 65 heavy (non-hydrogen) atoms. The Labute approximate surface area is 390 Å². The molecule has 0 heterocycles. The van der Waals surface area contributed by atoms with Crippen molar-refractivity contribution in [2.24, 2.45) is 0 Å². The van der Waals surface area contributed by atoms with E-state index in [9.17, 15) is 28.0 Å². The Morgan fingerprint density at radius 1 is 0.385 bits per heavy atom. The number of hydrogen-bond donors (Lipinski definition) is 0. The van der Waals surface area contributed by atoms with E-state index in [0.717, 1.165) is 20.1 Å². The van der Waals surface area contributed by atoms with Gasteiger partial charge in [0, 0.05) is 49.9 Å². The highest BCUT2D eigenvalue weighted by atomic mass is 79.9. The van der Waals surface area contributed by atoms with E-state index in [-0.39, 0.29) is 23.1 Å². The van der Waals surface area contributed by atoms with Crippen molar-refractivity contribution in [2.75, 3.05) is 0 Å².